The first kappa shape index (κ1) is 12.4. The summed E-state index contributed by atoms with van der Waals surface area (Å²) in [6.07, 6.45) is 7.25. The normalized spacial score (nSPS) is 20.9. The lowest BCUT2D eigenvalue weighted by atomic mass is 9.86. The zero-order chi connectivity index (χ0) is 11.9. The molecule has 0 N–H and O–H groups in total. The Hall–Kier alpha value is -1.02. The van der Waals surface area contributed by atoms with Crippen molar-refractivity contribution in [1.29, 1.82) is 0 Å². The van der Waals surface area contributed by atoms with Crippen molar-refractivity contribution in [3.63, 3.8) is 0 Å². The molecule has 1 atom stereocenters. The monoisotopic (exact) mass is 246 g/mol. The molecule has 0 aromatic heterocycles. The Morgan fingerprint density at radius 1 is 1.24 bits per heavy atom. The van der Waals surface area contributed by atoms with Gasteiger partial charge in [-0.05, 0) is 36.8 Å². The highest BCUT2D eigenvalue weighted by atomic mass is 32.2. The Kier molecular flexibility index (Phi) is 4.87. The number of carbonyl (C=O) groups excluding carboxylic acids is 1. The molecule has 0 spiro atoms. The van der Waals surface area contributed by atoms with Crippen molar-refractivity contribution in [2.45, 2.75) is 37.0 Å². The van der Waals surface area contributed by atoms with Gasteiger partial charge in [-0.2, -0.15) is 0 Å². The molecule has 2 rings (SSSR count). The maximum atomic E-state index is 11.6. The summed E-state index contributed by atoms with van der Waals surface area (Å²) < 4.78 is 0. The Morgan fingerprint density at radius 3 is 2.82 bits per heavy atom. The molecular formula is C15H18OS. The molecule has 1 aliphatic rings. The van der Waals surface area contributed by atoms with Crippen LogP contribution in [0.15, 0.2) is 46.7 Å². The van der Waals surface area contributed by atoms with Crippen molar-refractivity contribution in [3.05, 3.63) is 41.8 Å². The maximum Gasteiger partial charge on any atom is 0.136 e. The number of hydrogen-bond acceptors (Lipinski definition) is 2. The molecule has 2 heteroatoms. The fourth-order valence-electron chi connectivity index (χ4n) is 2.15. The average Bonchev–Trinajstić information content (AvgIpc) is 2.38. The van der Waals surface area contributed by atoms with E-state index in [1.165, 1.54) is 11.3 Å². The van der Waals surface area contributed by atoms with Crippen molar-refractivity contribution in [2.75, 3.05) is 0 Å². The van der Waals surface area contributed by atoms with Gasteiger partial charge in [0, 0.05) is 17.2 Å². The molecule has 0 bridgehead atoms. The van der Waals surface area contributed by atoms with E-state index in [0.717, 1.165) is 25.7 Å². The lowest BCUT2D eigenvalue weighted by molar-refractivity contribution is -0.124. The smallest absolute Gasteiger partial charge is 0.136 e. The molecule has 0 radical (unpaired) electrons. The SMILES string of the molecule is O=C1CCCCC1C/C=C\Sc1ccccc1. The minimum Gasteiger partial charge on any atom is -0.299 e. The number of hydrogen-bond donors (Lipinski definition) is 0. The molecule has 1 aromatic rings. The zero-order valence-corrected chi connectivity index (χ0v) is 10.8. The van der Waals surface area contributed by atoms with Gasteiger partial charge < -0.3 is 0 Å². The van der Waals surface area contributed by atoms with E-state index in [-0.39, 0.29) is 5.92 Å². The molecule has 0 saturated heterocycles. The minimum atomic E-state index is 0.288. The molecule has 0 amide bonds. The molecule has 0 heterocycles. The van der Waals surface area contributed by atoms with Crippen LogP contribution in [0.2, 0.25) is 0 Å². The topological polar surface area (TPSA) is 17.1 Å². The van der Waals surface area contributed by atoms with E-state index in [0.29, 0.717) is 5.78 Å². The lowest BCUT2D eigenvalue weighted by Gasteiger charge is -2.18. The quantitative estimate of drug-likeness (QED) is 0.730. The molecule has 1 saturated carbocycles. The molecule has 17 heavy (non-hydrogen) atoms. The first-order valence-electron chi connectivity index (χ1n) is 6.25. The standard InChI is InChI=1S/C15H18OS/c16-15-11-5-4-7-13(15)8-6-12-17-14-9-2-1-3-10-14/h1-3,6,9-10,12-13H,4-5,7-8,11H2/b12-6-. The first-order chi connectivity index (χ1) is 8.36. The summed E-state index contributed by atoms with van der Waals surface area (Å²) in [7, 11) is 0. The van der Waals surface area contributed by atoms with Gasteiger partial charge in [0.15, 0.2) is 0 Å². The summed E-state index contributed by atoms with van der Waals surface area (Å²) >= 11 is 1.72. The Morgan fingerprint density at radius 2 is 2.06 bits per heavy atom. The molecule has 1 aliphatic carbocycles. The summed E-state index contributed by atoms with van der Waals surface area (Å²) in [5.41, 5.74) is 0. The summed E-state index contributed by atoms with van der Waals surface area (Å²) in [6.45, 7) is 0. The summed E-state index contributed by atoms with van der Waals surface area (Å²) in [5.74, 6) is 0.752. The Labute approximate surface area is 107 Å². The van der Waals surface area contributed by atoms with Crippen molar-refractivity contribution >= 4 is 17.5 Å². The van der Waals surface area contributed by atoms with Crippen LogP contribution in [0.4, 0.5) is 0 Å². The van der Waals surface area contributed by atoms with E-state index in [1.807, 2.05) is 18.2 Å². The fourth-order valence-corrected chi connectivity index (χ4v) is 2.83. The highest BCUT2D eigenvalue weighted by molar-refractivity contribution is 8.02. The second-order valence-corrected chi connectivity index (χ2v) is 5.43. The highest BCUT2D eigenvalue weighted by Gasteiger charge is 2.20. The van der Waals surface area contributed by atoms with Gasteiger partial charge >= 0.3 is 0 Å². The molecular weight excluding hydrogens is 228 g/mol. The number of allylic oxidation sites excluding steroid dienone is 1. The van der Waals surface area contributed by atoms with Crippen LogP contribution in [-0.4, -0.2) is 5.78 Å². The van der Waals surface area contributed by atoms with Crippen LogP contribution < -0.4 is 0 Å². The van der Waals surface area contributed by atoms with E-state index in [2.05, 4.69) is 23.6 Å². The van der Waals surface area contributed by atoms with E-state index in [9.17, 15) is 4.79 Å². The second-order valence-electron chi connectivity index (χ2n) is 4.45. The molecule has 90 valence electrons. The highest BCUT2D eigenvalue weighted by Crippen LogP contribution is 2.25. The van der Waals surface area contributed by atoms with Crippen LogP contribution in [0.3, 0.4) is 0 Å². The maximum absolute atomic E-state index is 11.6. The van der Waals surface area contributed by atoms with E-state index >= 15 is 0 Å². The third kappa shape index (κ3) is 4.04. The molecule has 1 fully saturated rings. The van der Waals surface area contributed by atoms with Gasteiger partial charge in [-0.3, -0.25) is 4.79 Å². The van der Waals surface area contributed by atoms with E-state index in [1.54, 1.807) is 11.8 Å². The van der Waals surface area contributed by atoms with Crippen LogP contribution in [0.5, 0.6) is 0 Å². The Bertz CT molecular complexity index is 383. The van der Waals surface area contributed by atoms with Crippen molar-refractivity contribution in [1.82, 2.24) is 0 Å². The summed E-state index contributed by atoms with van der Waals surface area (Å²) in [4.78, 5) is 12.9. The molecule has 1 nitrogen and oxygen atoms in total. The number of ketones is 1. The van der Waals surface area contributed by atoms with Crippen molar-refractivity contribution in [3.8, 4) is 0 Å². The van der Waals surface area contributed by atoms with Gasteiger partial charge in [-0.1, -0.05) is 42.5 Å². The molecule has 0 aliphatic heterocycles. The summed E-state index contributed by atoms with van der Waals surface area (Å²) in [5, 5.41) is 2.11. The van der Waals surface area contributed by atoms with Crippen LogP contribution in [-0.2, 0) is 4.79 Å². The van der Waals surface area contributed by atoms with Crippen LogP contribution in [0.1, 0.15) is 32.1 Å². The number of Topliss-reactive ketones (excluding diaryl/α,β-unsaturated/α-hetero) is 1. The number of thioether (sulfide) groups is 1. The number of carbonyl (C=O) groups is 1. The van der Waals surface area contributed by atoms with Gasteiger partial charge in [0.25, 0.3) is 0 Å². The fraction of sp³-hybridized carbons (Fsp3) is 0.400. The lowest BCUT2D eigenvalue weighted by Crippen LogP contribution is -2.17. The molecule has 1 unspecified atom stereocenters. The van der Waals surface area contributed by atoms with E-state index < -0.39 is 0 Å². The predicted octanol–water partition coefficient (Wildman–Crippen LogP) is 4.44. The predicted molar refractivity (Wildman–Crippen MR) is 73.0 cm³/mol. The Balaban J connectivity index is 1.76. The van der Waals surface area contributed by atoms with Crippen LogP contribution in [0.25, 0.3) is 0 Å². The second kappa shape index (κ2) is 6.65. The van der Waals surface area contributed by atoms with Gasteiger partial charge in [0.05, 0.1) is 0 Å². The molecule has 1 aromatic carbocycles. The number of benzene rings is 1. The van der Waals surface area contributed by atoms with Gasteiger partial charge in [-0.15, -0.1) is 0 Å². The third-order valence-corrected chi connectivity index (χ3v) is 4.02. The van der Waals surface area contributed by atoms with Crippen LogP contribution >= 0.6 is 11.8 Å². The number of rotatable bonds is 4. The van der Waals surface area contributed by atoms with Gasteiger partial charge in [0.2, 0.25) is 0 Å². The van der Waals surface area contributed by atoms with Crippen molar-refractivity contribution < 1.29 is 4.79 Å². The largest absolute Gasteiger partial charge is 0.299 e. The van der Waals surface area contributed by atoms with Gasteiger partial charge in [0.1, 0.15) is 5.78 Å². The minimum absolute atomic E-state index is 0.288. The average molecular weight is 246 g/mol. The van der Waals surface area contributed by atoms with Crippen LogP contribution in [0, 0.1) is 5.92 Å². The van der Waals surface area contributed by atoms with E-state index in [4.69, 9.17) is 0 Å². The third-order valence-electron chi connectivity index (χ3n) is 3.15. The zero-order valence-electron chi connectivity index (χ0n) is 9.97. The summed E-state index contributed by atoms with van der Waals surface area (Å²) in [6, 6.07) is 10.3. The first-order valence-corrected chi connectivity index (χ1v) is 7.13. The van der Waals surface area contributed by atoms with Crippen molar-refractivity contribution in [2.24, 2.45) is 5.92 Å². The van der Waals surface area contributed by atoms with Gasteiger partial charge in [-0.25, -0.2) is 0 Å².